The van der Waals surface area contributed by atoms with Gasteiger partial charge in [0.05, 0.1) is 0 Å². The third-order valence-electron chi connectivity index (χ3n) is 4.11. The first-order valence-corrected chi connectivity index (χ1v) is 8.98. The van der Waals surface area contributed by atoms with Gasteiger partial charge < -0.3 is 19.3 Å². The van der Waals surface area contributed by atoms with E-state index in [1.807, 2.05) is 39.5 Å². The first-order valence-electron chi connectivity index (χ1n) is 8.98. The molecule has 0 radical (unpaired) electrons. The Balaban J connectivity index is 2.64. The van der Waals surface area contributed by atoms with Gasteiger partial charge in [-0.2, -0.15) is 0 Å². The summed E-state index contributed by atoms with van der Waals surface area (Å²) in [5.74, 6) is -0.00529. The van der Waals surface area contributed by atoms with Gasteiger partial charge in [-0.3, -0.25) is 4.79 Å². The minimum absolute atomic E-state index is 0.00529. The highest BCUT2D eigenvalue weighted by Gasteiger charge is 2.37. The highest BCUT2D eigenvalue weighted by molar-refractivity contribution is 5.81. The molecule has 0 saturated carbocycles. The van der Waals surface area contributed by atoms with Crippen LogP contribution in [0.25, 0.3) is 0 Å². The number of amides is 2. The summed E-state index contributed by atoms with van der Waals surface area (Å²) in [6.45, 7) is 14.9. The molecule has 3 unspecified atom stereocenters. The standard InChI is InChI=1S/C18H34N2O4/c1-8-9-10-23-15(4)16(21)19-11-14(3)20(12-13(19)2)17(22)24-18(5,6)7/h13-15H,8-12H2,1-7H3. The average molecular weight is 342 g/mol. The Morgan fingerprint density at radius 2 is 1.67 bits per heavy atom. The molecular formula is C18H34N2O4. The summed E-state index contributed by atoms with van der Waals surface area (Å²) in [6, 6.07) is -0.138. The molecule has 0 N–H and O–H groups in total. The molecule has 1 aliphatic rings. The minimum atomic E-state index is -0.519. The van der Waals surface area contributed by atoms with Crippen LogP contribution in [0.2, 0.25) is 0 Å². The number of piperazine rings is 1. The van der Waals surface area contributed by atoms with E-state index in [1.165, 1.54) is 0 Å². The molecule has 1 fully saturated rings. The number of rotatable bonds is 5. The fourth-order valence-electron chi connectivity index (χ4n) is 2.72. The number of hydrogen-bond acceptors (Lipinski definition) is 4. The summed E-state index contributed by atoms with van der Waals surface area (Å²) in [5, 5.41) is 0. The van der Waals surface area contributed by atoms with Gasteiger partial charge >= 0.3 is 6.09 Å². The molecule has 3 atom stereocenters. The molecule has 0 spiro atoms. The Morgan fingerprint density at radius 3 is 2.21 bits per heavy atom. The quantitative estimate of drug-likeness (QED) is 0.721. The number of unbranched alkanes of at least 4 members (excludes halogenated alkanes) is 1. The van der Waals surface area contributed by atoms with E-state index in [0.29, 0.717) is 19.7 Å². The second-order valence-electron chi connectivity index (χ2n) is 7.69. The SMILES string of the molecule is CCCCOC(C)C(=O)N1CC(C)N(C(=O)OC(C)(C)C)CC1C. The average Bonchev–Trinajstić information content (AvgIpc) is 2.46. The molecular weight excluding hydrogens is 308 g/mol. The predicted octanol–water partition coefficient (Wildman–Crippen LogP) is 3.05. The van der Waals surface area contributed by atoms with Crippen molar-refractivity contribution in [2.24, 2.45) is 0 Å². The van der Waals surface area contributed by atoms with Crippen LogP contribution in [0, 0.1) is 0 Å². The molecule has 140 valence electrons. The van der Waals surface area contributed by atoms with Gasteiger partial charge in [0.1, 0.15) is 11.7 Å². The third kappa shape index (κ3) is 5.96. The fraction of sp³-hybridized carbons (Fsp3) is 0.889. The molecule has 0 aromatic carbocycles. The fourth-order valence-corrected chi connectivity index (χ4v) is 2.72. The monoisotopic (exact) mass is 342 g/mol. The summed E-state index contributed by atoms with van der Waals surface area (Å²) >= 11 is 0. The van der Waals surface area contributed by atoms with Crippen LogP contribution >= 0.6 is 0 Å². The van der Waals surface area contributed by atoms with Gasteiger partial charge in [-0.05, 0) is 48.0 Å². The molecule has 1 aliphatic heterocycles. The van der Waals surface area contributed by atoms with Crippen LogP contribution < -0.4 is 0 Å². The normalized spacial score (nSPS) is 23.1. The van der Waals surface area contributed by atoms with E-state index < -0.39 is 11.7 Å². The maximum atomic E-state index is 12.6. The molecule has 6 nitrogen and oxygen atoms in total. The van der Waals surface area contributed by atoms with Gasteiger partial charge in [0, 0.05) is 31.8 Å². The lowest BCUT2D eigenvalue weighted by Gasteiger charge is -2.44. The summed E-state index contributed by atoms with van der Waals surface area (Å²) < 4.78 is 11.1. The minimum Gasteiger partial charge on any atom is -0.444 e. The van der Waals surface area contributed by atoms with Gasteiger partial charge in [-0.15, -0.1) is 0 Å². The van der Waals surface area contributed by atoms with E-state index in [2.05, 4.69) is 6.92 Å². The summed E-state index contributed by atoms with van der Waals surface area (Å²) in [7, 11) is 0. The maximum Gasteiger partial charge on any atom is 0.410 e. The van der Waals surface area contributed by atoms with Crippen molar-refractivity contribution in [2.45, 2.75) is 85.1 Å². The second kappa shape index (κ2) is 8.70. The Labute approximate surface area is 146 Å². The summed E-state index contributed by atoms with van der Waals surface area (Å²) in [5.41, 5.74) is -0.519. The van der Waals surface area contributed by atoms with Gasteiger partial charge in [0.15, 0.2) is 0 Å². The number of carbonyl (C=O) groups excluding carboxylic acids is 2. The van der Waals surface area contributed by atoms with Crippen LogP contribution in [0.1, 0.15) is 61.3 Å². The zero-order chi connectivity index (χ0) is 18.5. The molecule has 0 aromatic heterocycles. The van der Waals surface area contributed by atoms with Crippen LogP contribution in [-0.4, -0.2) is 65.3 Å². The lowest BCUT2D eigenvalue weighted by Crippen LogP contribution is -2.61. The van der Waals surface area contributed by atoms with E-state index in [0.717, 1.165) is 12.8 Å². The number of carbonyl (C=O) groups is 2. The topological polar surface area (TPSA) is 59.1 Å². The van der Waals surface area contributed by atoms with Crippen molar-refractivity contribution in [1.29, 1.82) is 0 Å². The maximum absolute atomic E-state index is 12.6. The van der Waals surface area contributed by atoms with Gasteiger partial charge in [0.25, 0.3) is 5.91 Å². The zero-order valence-electron chi connectivity index (χ0n) is 16.3. The zero-order valence-corrected chi connectivity index (χ0v) is 16.3. The molecule has 6 heteroatoms. The molecule has 0 aromatic rings. The summed E-state index contributed by atoms with van der Waals surface area (Å²) in [4.78, 5) is 28.5. The van der Waals surface area contributed by atoms with Crippen LogP contribution in [0.3, 0.4) is 0 Å². The van der Waals surface area contributed by atoms with E-state index in [4.69, 9.17) is 9.47 Å². The first-order chi connectivity index (χ1) is 11.1. The van der Waals surface area contributed by atoms with Gasteiger partial charge in [0.2, 0.25) is 0 Å². The van der Waals surface area contributed by atoms with Crippen molar-refractivity contribution in [2.75, 3.05) is 19.7 Å². The molecule has 1 saturated heterocycles. The highest BCUT2D eigenvalue weighted by Crippen LogP contribution is 2.20. The van der Waals surface area contributed by atoms with Crippen LogP contribution in [-0.2, 0) is 14.3 Å². The molecule has 0 bridgehead atoms. The molecule has 2 amide bonds. The lowest BCUT2D eigenvalue weighted by atomic mass is 10.1. The Morgan fingerprint density at radius 1 is 1.12 bits per heavy atom. The van der Waals surface area contributed by atoms with Crippen LogP contribution in [0.15, 0.2) is 0 Å². The molecule has 1 heterocycles. The molecule has 0 aliphatic carbocycles. The first kappa shape index (κ1) is 20.7. The predicted molar refractivity (Wildman–Crippen MR) is 93.9 cm³/mol. The number of nitrogens with zero attached hydrogens (tertiary/aromatic N) is 2. The Bertz CT molecular complexity index is 433. The van der Waals surface area contributed by atoms with E-state index >= 15 is 0 Å². The van der Waals surface area contributed by atoms with Crippen molar-refractivity contribution < 1.29 is 19.1 Å². The van der Waals surface area contributed by atoms with E-state index in [1.54, 1.807) is 11.8 Å². The largest absolute Gasteiger partial charge is 0.444 e. The van der Waals surface area contributed by atoms with Crippen molar-refractivity contribution in [3.63, 3.8) is 0 Å². The molecule has 1 rings (SSSR count). The van der Waals surface area contributed by atoms with Crippen molar-refractivity contribution in [1.82, 2.24) is 9.80 Å². The van der Waals surface area contributed by atoms with Crippen LogP contribution in [0.5, 0.6) is 0 Å². The third-order valence-corrected chi connectivity index (χ3v) is 4.11. The number of ether oxygens (including phenoxy) is 2. The van der Waals surface area contributed by atoms with Crippen molar-refractivity contribution in [3.05, 3.63) is 0 Å². The highest BCUT2D eigenvalue weighted by atomic mass is 16.6. The Kier molecular flexibility index (Phi) is 7.52. The lowest BCUT2D eigenvalue weighted by molar-refractivity contribution is -0.148. The number of hydrogen-bond donors (Lipinski definition) is 0. The Hall–Kier alpha value is -1.30. The van der Waals surface area contributed by atoms with Crippen molar-refractivity contribution in [3.8, 4) is 0 Å². The molecule has 24 heavy (non-hydrogen) atoms. The second-order valence-corrected chi connectivity index (χ2v) is 7.69. The van der Waals surface area contributed by atoms with Crippen molar-refractivity contribution >= 4 is 12.0 Å². The smallest absolute Gasteiger partial charge is 0.410 e. The van der Waals surface area contributed by atoms with E-state index in [-0.39, 0.29) is 24.1 Å². The van der Waals surface area contributed by atoms with Gasteiger partial charge in [-0.1, -0.05) is 13.3 Å². The van der Waals surface area contributed by atoms with E-state index in [9.17, 15) is 9.59 Å². The summed E-state index contributed by atoms with van der Waals surface area (Å²) in [6.07, 6.45) is 1.24. The van der Waals surface area contributed by atoms with Gasteiger partial charge in [-0.25, -0.2) is 4.79 Å². The van der Waals surface area contributed by atoms with Crippen LogP contribution in [0.4, 0.5) is 4.79 Å².